The number of hydrogen-bond acceptors (Lipinski definition) is 1. The zero-order chi connectivity index (χ0) is 25.5. The fraction of sp³-hybridized carbons (Fsp3) is 0.154. The van der Waals surface area contributed by atoms with Gasteiger partial charge in [0.25, 0.3) is 0 Å². The first-order valence-corrected chi connectivity index (χ1v) is 10.4. The molecule has 0 spiro atoms. The average molecular weight is 496 g/mol. The number of benzene rings is 4. The Morgan fingerprint density at radius 1 is 0.714 bits per heavy atom. The fourth-order valence-corrected chi connectivity index (χ4v) is 3.72. The van der Waals surface area contributed by atoms with Crippen molar-refractivity contribution < 1.29 is 39.9 Å². The van der Waals surface area contributed by atoms with Crippen molar-refractivity contribution in [2.75, 3.05) is 0 Å². The van der Waals surface area contributed by atoms with Crippen molar-refractivity contribution in [1.82, 2.24) is 0 Å². The molecule has 9 heteroatoms. The maximum Gasteiger partial charge on any atom is 0.426 e. The van der Waals surface area contributed by atoms with Crippen molar-refractivity contribution >= 4 is 10.8 Å². The maximum absolute atomic E-state index is 15.1. The highest BCUT2D eigenvalue weighted by Gasteiger charge is 2.36. The molecule has 0 radical (unpaired) electrons. The summed E-state index contributed by atoms with van der Waals surface area (Å²) in [4.78, 5) is 0. The molecule has 0 atom stereocenters. The molecule has 4 rings (SSSR count). The number of ether oxygens (including phenoxy) is 1. The summed E-state index contributed by atoms with van der Waals surface area (Å²) in [5, 5.41) is -1.30. The molecule has 0 bridgehead atoms. The Hall–Kier alpha value is -3.62. The Morgan fingerprint density at radius 3 is 1.94 bits per heavy atom. The second-order valence-electron chi connectivity index (χ2n) is 7.85. The van der Waals surface area contributed by atoms with Gasteiger partial charge in [-0.2, -0.15) is 13.2 Å². The van der Waals surface area contributed by atoms with E-state index in [1.54, 1.807) is 0 Å². The van der Waals surface area contributed by atoms with E-state index >= 15 is 4.39 Å². The summed E-state index contributed by atoms with van der Waals surface area (Å²) < 4.78 is 119. The van der Waals surface area contributed by atoms with Gasteiger partial charge in [-0.05, 0) is 53.3 Å². The van der Waals surface area contributed by atoms with Gasteiger partial charge < -0.3 is 4.74 Å². The number of fused-ring (bicyclic) bond motifs is 1. The predicted molar refractivity (Wildman–Crippen MR) is 114 cm³/mol. The van der Waals surface area contributed by atoms with Gasteiger partial charge in [0.1, 0.15) is 5.82 Å². The van der Waals surface area contributed by atoms with E-state index in [9.17, 15) is 30.7 Å². The average Bonchev–Trinajstić information content (AvgIpc) is 2.81. The lowest BCUT2D eigenvalue weighted by molar-refractivity contribution is -0.187. The number of aryl methyl sites for hydroxylation is 1. The molecular weight excluding hydrogens is 480 g/mol. The number of halogens is 8. The second-order valence-corrected chi connectivity index (χ2v) is 7.85. The van der Waals surface area contributed by atoms with Crippen LogP contribution < -0.4 is 4.74 Å². The van der Waals surface area contributed by atoms with E-state index in [-0.39, 0.29) is 5.39 Å². The molecule has 1 nitrogen and oxygen atoms in total. The van der Waals surface area contributed by atoms with E-state index in [1.807, 2.05) is 6.92 Å². The van der Waals surface area contributed by atoms with Crippen LogP contribution in [0.5, 0.6) is 5.75 Å². The Balaban J connectivity index is 1.75. The number of hydrogen-bond donors (Lipinski definition) is 0. The third-order valence-corrected chi connectivity index (χ3v) is 5.45. The van der Waals surface area contributed by atoms with Crippen LogP contribution in [0.15, 0.2) is 54.6 Å². The van der Waals surface area contributed by atoms with Crippen LogP contribution in [0.25, 0.3) is 21.9 Å². The minimum Gasteiger partial charge on any atom is -0.426 e. The lowest BCUT2D eigenvalue weighted by Gasteiger charge is -2.20. The molecule has 0 saturated carbocycles. The molecule has 4 aromatic carbocycles. The van der Waals surface area contributed by atoms with Crippen molar-refractivity contribution in [2.45, 2.75) is 25.9 Å². The minimum absolute atomic E-state index is 0.350. The highest BCUT2D eigenvalue weighted by molar-refractivity contribution is 5.90. The van der Waals surface area contributed by atoms with E-state index in [1.165, 1.54) is 12.1 Å². The van der Waals surface area contributed by atoms with Crippen molar-refractivity contribution in [2.24, 2.45) is 0 Å². The molecular formula is C26H16F8O. The molecule has 0 aliphatic carbocycles. The lowest BCUT2D eigenvalue weighted by Crippen LogP contribution is -2.22. The molecule has 0 N–H and O–H groups in total. The largest absolute Gasteiger partial charge is 0.426 e. The first kappa shape index (κ1) is 24.5. The summed E-state index contributed by atoms with van der Waals surface area (Å²) in [5.74, 6) is -11.3. The molecule has 0 aliphatic rings. The molecule has 0 amide bonds. The van der Waals surface area contributed by atoms with E-state index < -0.39 is 68.8 Å². The standard InChI is InChI=1S/C26H16F8O/c1-2-3-13-4-7-16(8-5-13)26(33,34)35-20-12-14-6-9-17(22(29)21(14)25(32)24(20)31)15-10-18(27)23(30)19(28)11-15/h4-12H,2-3H2,1H3. The number of alkyl halides is 2. The Bertz CT molecular complexity index is 1390. The van der Waals surface area contributed by atoms with Gasteiger partial charge in [0.05, 0.1) is 10.9 Å². The van der Waals surface area contributed by atoms with Crippen molar-refractivity contribution in [3.8, 4) is 16.9 Å². The molecule has 4 aromatic rings. The van der Waals surface area contributed by atoms with E-state index in [0.717, 1.165) is 36.2 Å². The van der Waals surface area contributed by atoms with Gasteiger partial charge in [0, 0.05) is 5.56 Å². The van der Waals surface area contributed by atoms with Gasteiger partial charge in [-0.25, -0.2) is 22.0 Å². The Kier molecular flexibility index (Phi) is 6.44. The van der Waals surface area contributed by atoms with E-state index in [2.05, 4.69) is 4.74 Å². The van der Waals surface area contributed by atoms with Crippen LogP contribution >= 0.6 is 0 Å². The van der Waals surface area contributed by atoms with Crippen LogP contribution in [0, 0.1) is 34.9 Å². The van der Waals surface area contributed by atoms with Gasteiger partial charge in [0.2, 0.25) is 5.82 Å². The SMILES string of the molecule is CCCc1ccc(C(F)(F)Oc2cc3ccc(-c4cc(F)c(F)c(F)c4)c(F)c3c(F)c2F)cc1. The smallest absolute Gasteiger partial charge is 0.426 e. The summed E-state index contributed by atoms with van der Waals surface area (Å²) in [6.45, 7) is 1.92. The summed E-state index contributed by atoms with van der Waals surface area (Å²) >= 11 is 0. The van der Waals surface area contributed by atoms with Crippen LogP contribution in [0.2, 0.25) is 0 Å². The van der Waals surface area contributed by atoms with Crippen molar-refractivity contribution in [3.05, 3.63) is 101 Å². The van der Waals surface area contributed by atoms with Gasteiger partial charge in [0.15, 0.2) is 29.0 Å². The summed E-state index contributed by atoms with van der Waals surface area (Å²) in [6, 6.07) is 8.79. The highest BCUT2D eigenvalue weighted by Crippen LogP contribution is 2.39. The van der Waals surface area contributed by atoms with Gasteiger partial charge in [-0.15, -0.1) is 0 Å². The van der Waals surface area contributed by atoms with Gasteiger partial charge in [-0.3, -0.25) is 0 Å². The summed E-state index contributed by atoms with van der Waals surface area (Å²) in [7, 11) is 0. The van der Waals surface area contributed by atoms with Crippen LogP contribution in [-0.4, -0.2) is 0 Å². The fourth-order valence-electron chi connectivity index (χ4n) is 3.72. The first-order valence-electron chi connectivity index (χ1n) is 10.4. The van der Waals surface area contributed by atoms with Gasteiger partial charge in [-0.1, -0.05) is 37.6 Å². The topological polar surface area (TPSA) is 9.23 Å². The maximum atomic E-state index is 15.1. The number of rotatable bonds is 6. The normalized spacial score (nSPS) is 11.8. The summed E-state index contributed by atoms with van der Waals surface area (Å²) in [6.07, 6.45) is -2.56. The zero-order valence-electron chi connectivity index (χ0n) is 18.0. The zero-order valence-corrected chi connectivity index (χ0v) is 18.0. The molecule has 182 valence electrons. The summed E-state index contributed by atoms with van der Waals surface area (Å²) in [5.41, 5.74) is -0.819. The van der Waals surface area contributed by atoms with Crippen molar-refractivity contribution in [1.29, 1.82) is 0 Å². The van der Waals surface area contributed by atoms with Crippen LogP contribution in [0.1, 0.15) is 24.5 Å². The first-order chi connectivity index (χ1) is 16.5. The van der Waals surface area contributed by atoms with Crippen LogP contribution in [0.4, 0.5) is 35.1 Å². The minimum atomic E-state index is -4.03. The third kappa shape index (κ3) is 4.54. The van der Waals surface area contributed by atoms with Crippen LogP contribution in [0.3, 0.4) is 0 Å². The molecule has 0 aromatic heterocycles. The molecule has 0 aliphatic heterocycles. The highest BCUT2D eigenvalue weighted by atomic mass is 19.3. The Morgan fingerprint density at radius 2 is 1.34 bits per heavy atom. The Labute approximate surface area is 194 Å². The molecule has 35 heavy (non-hydrogen) atoms. The molecule has 0 heterocycles. The molecule has 0 unspecified atom stereocenters. The van der Waals surface area contributed by atoms with E-state index in [0.29, 0.717) is 24.6 Å². The van der Waals surface area contributed by atoms with E-state index in [4.69, 9.17) is 0 Å². The lowest BCUT2D eigenvalue weighted by atomic mass is 9.99. The van der Waals surface area contributed by atoms with Crippen molar-refractivity contribution in [3.63, 3.8) is 0 Å². The molecule has 0 fully saturated rings. The third-order valence-electron chi connectivity index (χ3n) is 5.45. The predicted octanol–water partition coefficient (Wildman–Crippen LogP) is 8.42. The van der Waals surface area contributed by atoms with Gasteiger partial charge >= 0.3 is 6.11 Å². The monoisotopic (exact) mass is 496 g/mol. The van der Waals surface area contributed by atoms with Crippen LogP contribution in [-0.2, 0) is 12.5 Å². The quantitative estimate of drug-likeness (QED) is 0.192. The molecule has 0 saturated heterocycles. The second kappa shape index (κ2) is 9.20.